The number of nitrogens with zero attached hydrogens (tertiary/aromatic N) is 5. The maximum atomic E-state index is 12.0. The smallest absolute Gasteiger partial charge is 0.220 e. The molecule has 0 aliphatic carbocycles. The quantitative estimate of drug-likeness (QED) is 0.583. The predicted octanol–water partition coefficient (Wildman–Crippen LogP) is 2.78. The second-order valence-electron chi connectivity index (χ2n) is 9.48. The molecule has 2 aliphatic rings. The maximum absolute atomic E-state index is 12.0. The first-order valence-electron chi connectivity index (χ1n) is 12.4. The summed E-state index contributed by atoms with van der Waals surface area (Å²) in [7, 11) is 0. The number of pyridine rings is 2. The molecular formula is C26H34N6O3. The molecule has 186 valence electrons. The molecule has 2 atom stereocenters. The van der Waals surface area contributed by atoms with Gasteiger partial charge in [0.15, 0.2) is 0 Å². The third kappa shape index (κ3) is 5.11. The largest absolute Gasteiger partial charge is 0.491 e. The molecule has 0 unspecified atom stereocenters. The first-order chi connectivity index (χ1) is 17.0. The van der Waals surface area contributed by atoms with Gasteiger partial charge in [-0.1, -0.05) is 6.07 Å². The highest BCUT2D eigenvalue weighted by atomic mass is 16.5. The van der Waals surface area contributed by atoms with E-state index in [1.54, 1.807) is 13.1 Å². The number of rotatable bonds is 6. The first-order valence-corrected chi connectivity index (χ1v) is 12.4. The Balaban J connectivity index is 1.32. The van der Waals surface area contributed by atoms with Gasteiger partial charge in [-0.3, -0.25) is 9.69 Å². The van der Waals surface area contributed by atoms with Crippen LogP contribution in [0.25, 0.3) is 22.3 Å². The van der Waals surface area contributed by atoms with E-state index in [1.807, 2.05) is 35.4 Å². The molecule has 2 aliphatic heterocycles. The topological polar surface area (TPSA) is 86.8 Å². The summed E-state index contributed by atoms with van der Waals surface area (Å²) in [6, 6.07) is 8.42. The third-order valence-electron chi connectivity index (χ3n) is 6.90. The Morgan fingerprint density at radius 2 is 1.97 bits per heavy atom. The Morgan fingerprint density at radius 3 is 2.71 bits per heavy atom. The van der Waals surface area contributed by atoms with Gasteiger partial charge in [0.05, 0.1) is 25.1 Å². The Morgan fingerprint density at radius 1 is 1.20 bits per heavy atom. The van der Waals surface area contributed by atoms with Gasteiger partial charge in [-0.2, -0.15) is 0 Å². The van der Waals surface area contributed by atoms with E-state index in [9.17, 15) is 4.79 Å². The van der Waals surface area contributed by atoms with Gasteiger partial charge in [0.25, 0.3) is 0 Å². The predicted molar refractivity (Wildman–Crippen MR) is 136 cm³/mol. The number of fused-ring (bicyclic) bond motifs is 1. The summed E-state index contributed by atoms with van der Waals surface area (Å²) in [6.07, 6.45) is 3.73. The number of hydrogen-bond acceptors (Lipinski definition) is 7. The van der Waals surface area contributed by atoms with E-state index in [-0.39, 0.29) is 18.0 Å². The molecule has 5 heterocycles. The molecule has 0 aromatic carbocycles. The van der Waals surface area contributed by atoms with Gasteiger partial charge in [-0.25, -0.2) is 9.97 Å². The number of amides is 1. The fourth-order valence-electron chi connectivity index (χ4n) is 5.27. The minimum Gasteiger partial charge on any atom is -0.491 e. The number of morpholine rings is 1. The van der Waals surface area contributed by atoms with Gasteiger partial charge in [-0.15, -0.1) is 0 Å². The number of carbonyl (C=O) groups excluding carboxylic acids is 1. The van der Waals surface area contributed by atoms with E-state index in [0.717, 1.165) is 79.8 Å². The average molecular weight is 479 g/mol. The number of H-pyrrole nitrogens is 1. The monoisotopic (exact) mass is 478 g/mol. The molecule has 0 radical (unpaired) electrons. The Bertz CT molecular complexity index is 1160. The molecule has 5 rings (SSSR count). The molecule has 9 heteroatoms. The summed E-state index contributed by atoms with van der Waals surface area (Å²) in [6.45, 7) is 12.3. The molecule has 2 saturated heterocycles. The van der Waals surface area contributed by atoms with E-state index in [0.29, 0.717) is 6.61 Å². The number of aromatic nitrogens is 3. The normalized spacial score (nSPS) is 21.5. The zero-order valence-electron chi connectivity index (χ0n) is 20.7. The number of anilines is 1. The molecule has 9 nitrogen and oxygen atoms in total. The zero-order chi connectivity index (χ0) is 24.4. The van der Waals surface area contributed by atoms with Gasteiger partial charge >= 0.3 is 0 Å². The van der Waals surface area contributed by atoms with Gasteiger partial charge in [0.1, 0.15) is 23.8 Å². The maximum Gasteiger partial charge on any atom is 0.220 e. The highest BCUT2D eigenvalue weighted by Crippen LogP contribution is 2.31. The van der Waals surface area contributed by atoms with E-state index in [4.69, 9.17) is 14.5 Å². The van der Waals surface area contributed by atoms with E-state index < -0.39 is 0 Å². The van der Waals surface area contributed by atoms with Gasteiger partial charge in [0, 0.05) is 68.9 Å². The van der Waals surface area contributed by atoms with Crippen molar-refractivity contribution in [2.75, 3.05) is 57.4 Å². The molecule has 1 N–H and O–H groups in total. The average Bonchev–Trinajstić information content (AvgIpc) is 3.27. The van der Waals surface area contributed by atoms with Gasteiger partial charge in [0.2, 0.25) is 5.91 Å². The molecule has 3 aromatic rings. The van der Waals surface area contributed by atoms with Crippen molar-refractivity contribution in [1.29, 1.82) is 0 Å². The van der Waals surface area contributed by atoms with Crippen LogP contribution in [0.4, 0.5) is 5.82 Å². The zero-order valence-corrected chi connectivity index (χ0v) is 20.7. The Kier molecular flexibility index (Phi) is 6.88. The van der Waals surface area contributed by atoms with Crippen LogP contribution in [0.15, 0.2) is 36.7 Å². The van der Waals surface area contributed by atoms with Crippen LogP contribution in [-0.2, 0) is 9.53 Å². The van der Waals surface area contributed by atoms with Crippen LogP contribution < -0.4 is 9.64 Å². The van der Waals surface area contributed by atoms with Crippen LogP contribution in [0.1, 0.15) is 20.8 Å². The van der Waals surface area contributed by atoms with Crippen molar-refractivity contribution in [3.8, 4) is 17.0 Å². The standard InChI is InChI=1S/C26H34N6O3/c1-18-16-31(17-19(2)32(18)20(3)33)25-6-4-5-24(29-25)23-15-28-26-22(23)13-21(14-27-26)35-12-9-30-7-10-34-11-8-30/h4-6,13-15,18-19H,7-12,16-17H2,1-3H3,(H,27,28)/t18-,19+. The number of ether oxygens (including phenoxy) is 2. The van der Waals surface area contributed by atoms with Crippen LogP contribution in [-0.4, -0.2) is 95.3 Å². The Hall–Kier alpha value is -3.17. The number of aromatic amines is 1. The fraction of sp³-hybridized carbons (Fsp3) is 0.500. The highest BCUT2D eigenvalue weighted by molar-refractivity contribution is 5.93. The number of hydrogen-bond donors (Lipinski definition) is 1. The molecule has 1 amide bonds. The SMILES string of the molecule is CC(=O)N1[C@H](C)CN(c2cccc(-c3c[nH]c4ncc(OCCN5CCOCC5)cc34)n2)C[C@@H]1C. The van der Waals surface area contributed by atoms with Crippen molar-refractivity contribution in [2.45, 2.75) is 32.9 Å². The summed E-state index contributed by atoms with van der Waals surface area (Å²) >= 11 is 0. The van der Waals surface area contributed by atoms with Crippen molar-refractivity contribution in [3.63, 3.8) is 0 Å². The molecule has 0 saturated carbocycles. The summed E-state index contributed by atoms with van der Waals surface area (Å²) < 4.78 is 11.4. The van der Waals surface area contributed by atoms with Crippen LogP contribution in [0.5, 0.6) is 5.75 Å². The van der Waals surface area contributed by atoms with Crippen molar-refractivity contribution in [2.24, 2.45) is 0 Å². The lowest BCUT2D eigenvalue weighted by atomic mass is 10.1. The summed E-state index contributed by atoms with van der Waals surface area (Å²) in [5.74, 6) is 1.80. The number of nitrogens with one attached hydrogen (secondary N) is 1. The summed E-state index contributed by atoms with van der Waals surface area (Å²) in [5, 5.41) is 0.988. The fourth-order valence-corrected chi connectivity index (χ4v) is 5.27. The van der Waals surface area contributed by atoms with E-state index in [1.165, 1.54) is 0 Å². The van der Waals surface area contributed by atoms with Crippen LogP contribution in [0.2, 0.25) is 0 Å². The number of piperazine rings is 1. The second kappa shape index (κ2) is 10.2. The third-order valence-corrected chi connectivity index (χ3v) is 6.90. The summed E-state index contributed by atoms with van der Waals surface area (Å²) in [4.78, 5) is 31.4. The Labute approximate surface area is 206 Å². The lowest BCUT2D eigenvalue weighted by Crippen LogP contribution is -2.58. The second-order valence-corrected chi connectivity index (χ2v) is 9.48. The number of carbonyl (C=O) groups is 1. The van der Waals surface area contributed by atoms with Crippen LogP contribution >= 0.6 is 0 Å². The molecule has 3 aromatic heterocycles. The molecular weight excluding hydrogens is 444 g/mol. The van der Waals surface area contributed by atoms with E-state index in [2.05, 4.69) is 33.6 Å². The van der Waals surface area contributed by atoms with Gasteiger partial charge in [-0.05, 0) is 32.0 Å². The minimum atomic E-state index is 0.126. The highest BCUT2D eigenvalue weighted by Gasteiger charge is 2.31. The summed E-state index contributed by atoms with van der Waals surface area (Å²) in [5.41, 5.74) is 2.69. The molecule has 2 fully saturated rings. The van der Waals surface area contributed by atoms with Crippen LogP contribution in [0.3, 0.4) is 0 Å². The molecule has 0 bridgehead atoms. The van der Waals surface area contributed by atoms with Crippen molar-refractivity contribution in [3.05, 3.63) is 36.7 Å². The molecule has 0 spiro atoms. The van der Waals surface area contributed by atoms with E-state index >= 15 is 0 Å². The van der Waals surface area contributed by atoms with Gasteiger partial charge < -0.3 is 24.3 Å². The van der Waals surface area contributed by atoms with Crippen molar-refractivity contribution < 1.29 is 14.3 Å². The first kappa shape index (κ1) is 23.6. The lowest BCUT2D eigenvalue weighted by Gasteiger charge is -2.44. The van der Waals surface area contributed by atoms with Crippen molar-refractivity contribution >= 4 is 22.8 Å². The van der Waals surface area contributed by atoms with Crippen LogP contribution in [0, 0.1) is 0 Å². The van der Waals surface area contributed by atoms with Crippen molar-refractivity contribution in [1.82, 2.24) is 24.8 Å². The molecule has 35 heavy (non-hydrogen) atoms. The minimum absolute atomic E-state index is 0.126. The lowest BCUT2D eigenvalue weighted by molar-refractivity contribution is -0.133.